The van der Waals surface area contributed by atoms with Crippen molar-refractivity contribution in [2.75, 3.05) is 16.8 Å². The van der Waals surface area contributed by atoms with Crippen molar-refractivity contribution in [1.82, 2.24) is 19.6 Å². The normalized spacial score (nSPS) is 16.6. The van der Waals surface area contributed by atoms with Gasteiger partial charge in [0.2, 0.25) is 5.91 Å². The standard InChI is InChI=1S/C19H19ClN6O2/c1-24-12-14(9-21-24)25-8-7-15(18(25)27)23-16-10-22-26(19(28)17(16)20)11-13-5-3-2-4-6-13/h2-6,9-10,12,15,23H,7-8,11H2,1H3. The van der Waals surface area contributed by atoms with Gasteiger partial charge in [0.25, 0.3) is 5.56 Å². The molecular formula is C19H19ClN6O2. The number of nitrogens with one attached hydrogen (secondary N) is 1. The Kier molecular flexibility index (Phi) is 4.87. The number of hydrogen-bond acceptors (Lipinski definition) is 5. The Hall–Kier alpha value is -3.13. The summed E-state index contributed by atoms with van der Waals surface area (Å²) in [5.41, 5.74) is 1.67. The van der Waals surface area contributed by atoms with Crippen LogP contribution in [0.15, 0.2) is 53.7 Å². The van der Waals surface area contributed by atoms with Crippen LogP contribution in [0.25, 0.3) is 0 Å². The molecule has 0 bridgehead atoms. The van der Waals surface area contributed by atoms with Gasteiger partial charge < -0.3 is 10.2 Å². The lowest BCUT2D eigenvalue weighted by atomic mass is 10.2. The van der Waals surface area contributed by atoms with E-state index in [4.69, 9.17) is 11.6 Å². The van der Waals surface area contributed by atoms with Crippen LogP contribution >= 0.6 is 11.6 Å². The van der Waals surface area contributed by atoms with Crippen molar-refractivity contribution >= 4 is 28.9 Å². The molecule has 1 aliphatic heterocycles. The lowest BCUT2D eigenvalue weighted by Gasteiger charge is -2.16. The zero-order valence-corrected chi connectivity index (χ0v) is 16.0. The SMILES string of the molecule is Cn1cc(N2CCC(Nc3cnn(Cc4ccccc4)c(=O)c3Cl)C2=O)cn1. The van der Waals surface area contributed by atoms with Gasteiger partial charge in [-0.1, -0.05) is 41.9 Å². The highest BCUT2D eigenvalue weighted by Gasteiger charge is 2.33. The lowest BCUT2D eigenvalue weighted by molar-refractivity contribution is -0.117. The first-order valence-electron chi connectivity index (χ1n) is 8.89. The van der Waals surface area contributed by atoms with Crippen LogP contribution in [0.2, 0.25) is 5.02 Å². The number of rotatable bonds is 5. The Morgan fingerprint density at radius 2 is 1.96 bits per heavy atom. The van der Waals surface area contributed by atoms with Crippen LogP contribution in [-0.2, 0) is 18.4 Å². The molecule has 28 heavy (non-hydrogen) atoms. The molecule has 1 saturated heterocycles. The number of aryl methyl sites for hydroxylation is 1. The molecule has 1 aliphatic rings. The molecule has 0 spiro atoms. The smallest absolute Gasteiger partial charge is 0.287 e. The number of carbonyl (C=O) groups excluding carboxylic acids is 1. The van der Waals surface area contributed by atoms with Crippen LogP contribution in [-0.4, -0.2) is 38.1 Å². The molecule has 8 nitrogen and oxygen atoms in total. The number of halogens is 1. The summed E-state index contributed by atoms with van der Waals surface area (Å²) in [4.78, 5) is 26.9. The van der Waals surface area contributed by atoms with Gasteiger partial charge in [-0.05, 0) is 12.0 Å². The Morgan fingerprint density at radius 1 is 1.18 bits per heavy atom. The Balaban J connectivity index is 1.50. The summed E-state index contributed by atoms with van der Waals surface area (Å²) >= 11 is 6.27. The Labute approximate surface area is 166 Å². The quantitative estimate of drug-likeness (QED) is 0.709. The van der Waals surface area contributed by atoms with Gasteiger partial charge in [0.15, 0.2) is 0 Å². The van der Waals surface area contributed by atoms with Gasteiger partial charge in [-0.15, -0.1) is 0 Å². The van der Waals surface area contributed by atoms with E-state index >= 15 is 0 Å². The zero-order chi connectivity index (χ0) is 19.7. The third-order valence-electron chi connectivity index (χ3n) is 4.70. The van der Waals surface area contributed by atoms with E-state index in [1.54, 1.807) is 29.0 Å². The van der Waals surface area contributed by atoms with Crippen LogP contribution in [0.1, 0.15) is 12.0 Å². The number of anilines is 2. The number of amides is 1. The van der Waals surface area contributed by atoms with Gasteiger partial charge >= 0.3 is 0 Å². The monoisotopic (exact) mass is 398 g/mol. The summed E-state index contributed by atoms with van der Waals surface area (Å²) in [6, 6.07) is 9.07. The second-order valence-electron chi connectivity index (χ2n) is 6.67. The maximum absolute atomic E-state index is 12.7. The maximum Gasteiger partial charge on any atom is 0.287 e. The third kappa shape index (κ3) is 3.50. The van der Waals surface area contributed by atoms with Gasteiger partial charge in [0.05, 0.1) is 30.3 Å². The van der Waals surface area contributed by atoms with Gasteiger partial charge in [0.1, 0.15) is 11.1 Å². The molecule has 3 heterocycles. The molecule has 144 valence electrons. The molecule has 4 rings (SSSR count). The highest BCUT2D eigenvalue weighted by atomic mass is 35.5. The van der Waals surface area contributed by atoms with Crippen LogP contribution in [0.5, 0.6) is 0 Å². The predicted molar refractivity (Wildman–Crippen MR) is 107 cm³/mol. The van der Waals surface area contributed by atoms with Gasteiger partial charge in [0, 0.05) is 19.8 Å². The van der Waals surface area contributed by atoms with Crippen molar-refractivity contribution < 1.29 is 4.79 Å². The highest BCUT2D eigenvalue weighted by molar-refractivity contribution is 6.33. The third-order valence-corrected chi connectivity index (χ3v) is 5.06. The summed E-state index contributed by atoms with van der Waals surface area (Å²) in [5.74, 6) is -0.0856. The maximum atomic E-state index is 12.7. The molecule has 0 saturated carbocycles. The van der Waals surface area contributed by atoms with E-state index in [2.05, 4.69) is 15.5 Å². The molecule has 0 aliphatic carbocycles. The predicted octanol–water partition coefficient (Wildman–Crippen LogP) is 1.90. The Morgan fingerprint density at radius 3 is 2.68 bits per heavy atom. The van der Waals surface area contributed by atoms with Gasteiger partial charge in [-0.25, -0.2) is 4.68 Å². The van der Waals surface area contributed by atoms with Crippen molar-refractivity contribution in [3.8, 4) is 0 Å². The van der Waals surface area contributed by atoms with Crippen molar-refractivity contribution in [3.63, 3.8) is 0 Å². The van der Waals surface area contributed by atoms with Crippen molar-refractivity contribution in [3.05, 3.63) is 69.9 Å². The second kappa shape index (κ2) is 7.47. The zero-order valence-electron chi connectivity index (χ0n) is 15.2. The summed E-state index contributed by atoms with van der Waals surface area (Å²) in [6.45, 7) is 0.898. The largest absolute Gasteiger partial charge is 0.371 e. The lowest BCUT2D eigenvalue weighted by Crippen LogP contribution is -2.34. The van der Waals surface area contributed by atoms with E-state index in [-0.39, 0.29) is 10.9 Å². The average Bonchev–Trinajstić information content (AvgIpc) is 3.28. The number of aromatic nitrogens is 4. The Bertz CT molecular complexity index is 1060. The number of nitrogens with zero attached hydrogens (tertiary/aromatic N) is 5. The minimum Gasteiger partial charge on any atom is -0.371 e. The number of carbonyl (C=O) groups is 1. The first-order valence-corrected chi connectivity index (χ1v) is 9.27. The number of benzene rings is 1. The summed E-state index contributed by atoms with van der Waals surface area (Å²) in [5, 5.41) is 11.4. The second-order valence-corrected chi connectivity index (χ2v) is 7.05. The fraction of sp³-hybridized carbons (Fsp3) is 0.263. The summed E-state index contributed by atoms with van der Waals surface area (Å²) in [7, 11) is 1.80. The molecule has 1 N–H and O–H groups in total. The van der Waals surface area contributed by atoms with Crippen LogP contribution < -0.4 is 15.8 Å². The van der Waals surface area contributed by atoms with Gasteiger partial charge in [-0.2, -0.15) is 10.2 Å². The molecular weight excluding hydrogens is 380 g/mol. The number of hydrogen-bond donors (Lipinski definition) is 1. The molecule has 2 aromatic heterocycles. The molecule has 1 unspecified atom stereocenters. The van der Waals surface area contributed by atoms with E-state index in [1.807, 2.05) is 30.3 Å². The molecule has 1 atom stereocenters. The first-order chi connectivity index (χ1) is 13.5. The summed E-state index contributed by atoms with van der Waals surface area (Å²) in [6.07, 6.45) is 5.53. The van der Waals surface area contributed by atoms with E-state index < -0.39 is 11.6 Å². The van der Waals surface area contributed by atoms with E-state index in [0.717, 1.165) is 11.3 Å². The minimum absolute atomic E-state index is 0.0264. The molecule has 3 aromatic rings. The van der Waals surface area contributed by atoms with Crippen LogP contribution in [0.3, 0.4) is 0 Å². The molecule has 1 aromatic carbocycles. The molecule has 1 fully saturated rings. The van der Waals surface area contributed by atoms with Crippen molar-refractivity contribution in [1.29, 1.82) is 0 Å². The highest BCUT2D eigenvalue weighted by Crippen LogP contribution is 2.25. The van der Waals surface area contributed by atoms with Crippen molar-refractivity contribution in [2.45, 2.75) is 19.0 Å². The van der Waals surface area contributed by atoms with E-state index in [9.17, 15) is 9.59 Å². The van der Waals surface area contributed by atoms with Crippen LogP contribution in [0.4, 0.5) is 11.4 Å². The van der Waals surface area contributed by atoms with E-state index in [1.165, 1.54) is 10.9 Å². The molecule has 9 heteroatoms. The average molecular weight is 399 g/mol. The fourth-order valence-electron chi connectivity index (χ4n) is 3.24. The van der Waals surface area contributed by atoms with Crippen molar-refractivity contribution in [2.24, 2.45) is 7.05 Å². The van der Waals surface area contributed by atoms with Crippen LogP contribution in [0, 0.1) is 0 Å². The van der Waals surface area contributed by atoms with Gasteiger partial charge in [-0.3, -0.25) is 14.3 Å². The minimum atomic E-state index is -0.469. The first kappa shape index (κ1) is 18.2. The fourth-order valence-corrected chi connectivity index (χ4v) is 3.44. The molecule has 0 radical (unpaired) electrons. The van der Waals surface area contributed by atoms with E-state index in [0.29, 0.717) is 25.2 Å². The topological polar surface area (TPSA) is 85.0 Å². The summed E-state index contributed by atoms with van der Waals surface area (Å²) < 4.78 is 2.96. The molecule has 1 amide bonds.